The molecule has 0 fully saturated rings. The molecular formula is C24H18ClN3O2S. The van der Waals surface area contributed by atoms with Crippen molar-refractivity contribution in [3.8, 4) is 11.4 Å². The first kappa shape index (κ1) is 19.7. The van der Waals surface area contributed by atoms with E-state index in [1.807, 2.05) is 72.8 Å². The molecule has 0 aliphatic carbocycles. The van der Waals surface area contributed by atoms with Crippen LogP contribution in [-0.4, -0.2) is 21.6 Å². The van der Waals surface area contributed by atoms with Crippen molar-refractivity contribution in [3.05, 3.63) is 93.7 Å². The number of hydrogen-bond acceptors (Lipinski definition) is 4. The van der Waals surface area contributed by atoms with Crippen LogP contribution < -0.4 is 10.3 Å². The quantitative estimate of drug-likeness (QED) is 0.272. The van der Waals surface area contributed by atoms with Crippen LogP contribution in [0.3, 0.4) is 0 Å². The van der Waals surface area contributed by atoms with Crippen LogP contribution in [0.5, 0.6) is 5.75 Å². The molecule has 7 heteroatoms. The molecule has 5 rings (SSSR count). The minimum Gasteiger partial charge on any atom is -0.495 e. The number of nitrogens with one attached hydrogen (secondary N) is 1. The molecule has 154 valence electrons. The highest BCUT2D eigenvalue weighted by atomic mass is 35.5. The summed E-state index contributed by atoms with van der Waals surface area (Å²) in [5.41, 5.74) is 3.45. The Morgan fingerprint density at radius 3 is 2.61 bits per heavy atom. The number of nitrogens with zero attached hydrogens (tertiary/aromatic N) is 2. The Labute approximate surface area is 187 Å². The zero-order valence-electron chi connectivity index (χ0n) is 16.6. The number of aromatic amines is 1. The summed E-state index contributed by atoms with van der Waals surface area (Å²) in [4.78, 5) is 21.8. The van der Waals surface area contributed by atoms with E-state index in [0.29, 0.717) is 38.4 Å². The number of halogens is 1. The van der Waals surface area contributed by atoms with Gasteiger partial charge in [-0.15, -0.1) is 0 Å². The number of rotatable bonds is 5. The Hall–Kier alpha value is -3.22. The molecule has 0 saturated carbocycles. The minimum absolute atomic E-state index is 0.174. The van der Waals surface area contributed by atoms with Crippen molar-refractivity contribution in [1.82, 2.24) is 14.5 Å². The molecule has 5 aromatic rings. The van der Waals surface area contributed by atoms with Gasteiger partial charge in [-0.1, -0.05) is 71.9 Å². The highest BCUT2D eigenvalue weighted by molar-refractivity contribution is 7.98. The SMILES string of the molecule is COc1ccccc1-n1c(SCc2ccccc2Cl)nc2c([nH]c3ccccc32)c1=O. The average molecular weight is 448 g/mol. The lowest BCUT2D eigenvalue weighted by Gasteiger charge is -2.15. The second-order valence-corrected chi connectivity index (χ2v) is 8.33. The summed E-state index contributed by atoms with van der Waals surface area (Å²) in [7, 11) is 1.59. The van der Waals surface area contributed by atoms with Gasteiger partial charge in [0.15, 0.2) is 5.16 Å². The van der Waals surface area contributed by atoms with Crippen LogP contribution in [-0.2, 0) is 5.75 Å². The van der Waals surface area contributed by atoms with Crippen LogP contribution in [0.25, 0.3) is 27.6 Å². The van der Waals surface area contributed by atoms with Crippen molar-refractivity contribution in [1.29, 1.82) is 0 Å². The summed E-state index contributed by atoms with van der Waals surface area (Å²) in [6.07, 6.45) is 0. The third-order valence-electron chi connectivity index (χ3n) is 5.14. The number of aromatic nitrogens is 3. The van der Waals surface area contributed by atoms with E-state index in [0.717, 1.165) is 16.5 Å². The zero-order valence-corrected chi connectivity index (χ0v) is 18.2. The summed E-state index contributed by atoms with van der Waals surface area (Å²) < 4.78 is 7.14. The van der Waals surface area contributed by atoms with E-state index < -0.39 is 0 Å². The number of para-hydroxylation sites is 3. The van der Waals surface area contributed by atoms with E-state index in [-0.39, 0.29) is 5.56 Å². The predicted molar refractivity (Wildman–Crippen MR) is 127 cm³/mol. The highest BCUT2D eigenvalue weighted by Gasteiger charge is 2.19. The van der Waals surface area contributed by atoms with Crippen molar-refractivity contribution < 1.29 is 4.74 Å². The molecule has 0 spiro atoms. The van der Waals surface area contributed by atoms with Gasteiger partial charge >= 0.3 is 0 Å². The normalized spacial score (nSPS) is 11.3. The van der Waals surface area contributed by atoms with Crippen LogP contribution in [0.2, 0.25) is 5.02 Å². The van der Waals surface area contributed by atoms with Gasteiger partial charge in [-0.25, -0.2) is 9.55 Å². The fourth-order valence-corrected chi connectivity index (χ4v) is 4.91. The molecule has 0 aliphatic rings. The van der Waals surface area contributed by atoms with Crippen LogP contribution in [0, 0.1) is 0 Å². The minimum atomic E-state index is -0.174. The van der Waals surface area contributed by atoms with Gasteiger partial charge < -0.3 is 9.72 Å². The lowest BCUT2D eigenvalue weighted by molar-refractivity contribution is 0.411. The van der Waals surface area contributed by atoms with Crippen molar-refractivity contribution in [3.63, 3.8) is 0 Å². The maximum atomic E-state index is 13.7. The first-order chi connectivity index (χ1) is 15.2. The lowest BCUT2D eigenvalue weighted by atomic mass is 10.2. The van der Waals surface area contributed by atoms with E-state index in [1.54, 1.807) is 11.7 Å². The van der Waals surface area contributed by atoms with Crippen LogP contribution in [0.15, 0.2) is 82.7 Å². The van der Waals surface area contributed by atoms with Crippen LogP contribution in [0.1, 0.15) is 5.56 Å². The first-order valence-electron chi connectivity index (χ1n) is 9.70. The smallest absolute Gasteiger partial charge is 0.283 e. The van der Waals surface area contributed by atoms with Gasteiger partial charge in [-0.2, -0.15) is 0 Å². The number of hydrogen-bond donors (Lipinski definition) is 1. The van der Waals surface area contributed by atoms with Gasteiger partial charge in [0, 0.05) is 21.7 Å². The van der Waals surface area contributed by atoms with Gasteiger partial charge in [-0.3, -0.25) is 4.79 Å². The summed E-state index contributed by atoms with van der Waals surface area (Å²) in [5.74, 6) is 1.18. The molecule has 1 N–H and O–H groups in total. The lowest BCUT2D eigenvalue weighted by Crippen LogP contribution is -2.22. The van der Waals surface area contributed by atoms with Crippen molar-refractivity contribution in [2.75, 3.05) is 7.11 Å². The fraction of sp³-hybridized carbons (Fsp3) is 0.0833. The van der Waals surface area contributed by atoms with E-state index in [9.17, 15) is 4.79 Å². The van der Waals surface area contributed by atoms with Gasteiger partial charge in [0.2, 0.25) is 0 Å². The third kappa shape index (κ3) is 3.48. The maximum absolute atomic E-state index is 13.7. The summed E-state index contributed by atoms with van der Waals surface area (Å²) in [6.45, 7) is 0. The second-order valence-electron chi connectivity index (χ2n) is 6.98. The second kappa shape index (κ2) is 8.13. The summed E-state index contributed by atoms with van der Waals surface area (Å²) in [6, 6.07) is 22.9. The maximum Gasteiger partial charge on any atom is 0.283 e. The molecule has 2 aromatic heterocycles. The van der Waals surface area contributed by atoms with E-state index in [1.165, 1.54) is 11.8 Å². The number of H-pyrrole nitrogens is 1. The monoisotopic (exact) mass is 447 g/mol. The predicted octanol–water partition coefficient (Wildman–Crippen LogP) is 5.82. The topological polar surface area (TPSA) is 59.9 Å². The van der Waals surface area contributed by atoms with Gasteiger partial charge in [0.1, 0.15) is 16.8 Å². The van der Waals surface area contributed by atoms with Crippen molar-refractivity contribution in [2.24, 2.45) is 0 Å². The molecule has 3 aromatic carbocycles. The van der Waals surface area contributed by atoms with Crippen molar-refractivity contribution in [2.45, 2.75) is 10.9 Å². The third-order valence-corrected chi connectivity index (χ3v) is 6.49. The molecule has 0 aliphatic heterocycles. The van der Waals surface area contributed by atoms with Crippen molar-refractivity contribution >= 4 is 45.3 Å². The average Bonchev–Trinajstić information content (AvgIpc) is 3.18. The van der Waals surface area contributed by atoms with E-state index >= 15 is 0 Å². The van der Waals surface area contributed by atoms with E-state index in [2.05, 4.69) is 4.98 Å². The molecule has 31 heavy (non-hydrogen) atoms. The molecule has 2 heterocycles. The number of benzene rings is 3. The molecule has 0 saturated heterocycles. The molecule has 0 amide bonds. The molecule has 0 unspecified atom stereocenters. The number of methoxy groups -OCH3 is 1. The fourth-order valence-electron chi connectivity index (χ4n) is 3.62. The Kier molecular flexibility index (Phi) is 5.18. The van der Waals surface area contributed by atoms with E-state index in [4.69, 9.17) is 21.3 Å². The molecule has 0 radical (unpaired) electrons. The zero-order chi connectivity index (χ0) is 21.4. The number of fused-ring (bicyclic) bond motifs is 3. The standard InChI is InChI=1S/C24H18ClN3O2S/c1-30-20-13-7-6-12-19(20)28-23(29)22-21(16-9-3-5-11-18(16)26-22)27-24(28)31-14-15-8-2-4-10-17(15)25/h2-13,26H,14H2,1H3. The number of thioether (sulfide) groups is 1. The largest absolute Gasteiger partial charge is 0.495 e. The van der Waals surface area contributed by atoms with Crippen LogP contribution in [0.4, 0.5) is 0 Å². The molecule has 0 bridgehead atoms. The Balaban J connectivity index is 1.75. The Bertz CT molecular complexity index is 1480. The Morgan fingerprint density at radius 2 is 1.77 bits per heavy atom. The highest BCUT2D eigenvalue weighted by Crippen LogP contribution is 2.31. The number of ether oxygens (including phenoxy) is 1. The van der Waals surface area contributed by atoms with Gasteiger partial charge in [0.05, 0.1) is 12.8 Å². The summed E-state index contributed by atoms with van der Waals surface area (Å²) >= 11 is 7.82. The van der Waals surface area contributed by atoms with Gasteiger partial charge in [0.25, 0.3) is 5.56 Å². The first-order valence-corrected chi connectivity index (χ1v) is 11.1. The molecule has 0 atom stereocenters. The van der Waals surface area contributed by atoms with Crippen LogP contribution >= 0.6 is 23.4 Å². The molecule has 5 nitrogen and oxygen atoms in total. The van der Waals surface area contributed by atoms with Gasteiger partial charge in [-0.05, 0) is 29.8 Å². The summed E-state index contributed by atoms with van der Waals surface area (Å²) in [5, 5.41) is 2.18. The molecular weight excluding hydrogens is 430 g/mol. The Morgan fingerprint density at radius 1 is 1.03 bits per heavy atom.